The predicted octanol–water partition coefficient (Wildman–Crippen LogP) is 4.41. The van der Waals surface area contributed by atoms with Crippen molar-refractivity contribution in [2.75, 3.05) is 37.2 Å². The van der Waals surface area contributed by atoms with E-state index in [1.165, 1.54) is 35.2 Å². The Bertz CT molecular complexity index is 1500. The Morgan fingerprint density at radius 1 is 0.953 bits per heavy atom. The maximum Gasteiger partial charge on any atom is 0.264 e. The van der Waals surface area contributed by atoms with Crippen LogP contribution in [0.5, 0.6) is 11.5 Å². The molecule has 3 aromatic rings. The van der Waals surface area contributed by atoms with Crippen molar-refractivity contribution in [3.05, 3.63) is 84.2 Å². The Hall–Kier alpha value is -4.12. The minimum absolute atomic E-state index is 0.102. The van der Waals surface area contributed by atoms with Crippen molar-refractivity contribution in [3.63, 3.8) is 0 Å². The highest BCUT2D eigenvalue weighted by Crippen LogP contribution is 2.34. The first-order chi connectivity index (χ1) is 20.6. The molecule has 0 bridgehead atoms. The molecule has 2 amide bonds. The molecule has 3 aromatic carbocycles. The molecule has 0 aliphatic carbocycles. The van der Waals surface area contributed by atoms with Crippen LogP contribution in [0.1, 0.15) is 32.8 Å². The first-order valence-corrected chi connectivity index (χ1v) is 15.8. The van der Waals surface area contributed by atoms with Gasteiger partial charge in [0, 0.05) is 19.2 Å². The maximum atomic E-state index is 14.1. The van der Waals surface area contributed by atoms with Crippen molar-refractivity contribution in [2.24, 2.45) is 5.92 Å². The fraction of sp³-hybridized carbons (Fsp3) is 0.375. The first-order valence-electron chi connectivity index (χ1n) is 14.4. The number of carbonyl (C=O) groups is 2. The molecule has 43 heavy (non-hydrogen) atoms. The summed E-state index contributed by atoms with van der Waals surface area (Å²) in [4.78, 5) is 28.7. The number of rotatable bonds is 13. The minimum Gasteiger partial charge on any atom is -0.486 e. The Morgan fingerprint density at radius 2 is 1.63 bits per heavy atom. The normalized spacial score (nSPS) is 13.3. The van der Waals surface area contributed by atoms with E-state index >= 15 is 0 Å². The van der Waals surface area contributed by atoms with Crippen LogP contribution in [-0.2, 0) is 26.0 Å². The number of nitrogens with one attached hydrogen (secondary N) is 1. The monoisotopic (exact) mass is 611 g/mol. The van der Waals surface area contributed by atoms with Crippen LogP contribution in [0.2, 0.25) is 0 Å². The van der Waals surface area contributed by atoms with Crippen LogP contribution in [0.4, 0.5) is 10.1 Å². The quantitative estimate of drug-likeness (QED) is 0.307. The molecule has 0 saturated carbocycles. The Kier molecular flexibility index (Phi) is 10.6. The van der Waals surface area contributed by atoms with E-state index in [2.05, 4.69) is 5.32 Å². The lowest BCUT2D eigenvalue weighted by molar-refractivity contribution is -0.139. The van der Waals surface area contributed by atoms with Crippen LogP contribution in [0.25, 0.3) is 0 Å². The number of amides is 2. The van der Waals surface area contributed by atoms with E-state index in [9.17, 15) is 22.4 Å². The van der Waals surface area contributed by atoms with Crippen molar-refractivity contribution in [3.8, 4) is 11.5 Å². The molecule has 1 aliphatic rings. The summed E-state index contributed by atoms with van der Waals surface area (Å²) < 4.78 is 54.1. The van der Waals surface area contributed by atoms with Gasteiger partial charge >= 0.3 is 0 Å². The average molecular weight is 612 g/mol. The van der Waals surface area contributed by atoms with Gasteiger partial charge in [0.2, 0.25) is 11.8 Å². The van der Waals surface area contributed by atoms with E-state index < -0.39 is 34.3 Å². The van der Waals surface area contributed by atoms with E-state index in [0.29, 0.717) is 31.7 Å². The third-order valence-corrected chi connectivity index (χ3v) is 8.82. The Balaban J connectivity index is 1.69. The SMILES string of the molecule is CC[C@@H](C(=O)NCC(C)C)N(CCc1ccccc1)C(=O)CN(c1ccc(F)cc1)S(=O)(=O)c1ccc2c(c1)OCCO2. The first kappa shape index (κ1) is 31.8. The lowest BCUT2D eigenvalue weighted by Crippen LogP contribution is -2.53. The standard InChI is InChI=1S/C32H38FN3O6S/c1-4-28(32(38)34-21-23(2)3)35(17-16-24-8-6-5-7-9-24)31(37)22-36(26-12-10-25(33)11-13-26)43(39,40)27-14-15-29-30(20-27)42-19-18-41-29/h5-15,20,23,28H,4,16-19,21-22H2,1-3H3,(H,34,38)/t28-/m0/s1. The molecule has 11 heteroatoms. The molecule has 0 saturated heterocycles. The van der Waals surface area contributed by atoms with Gasteiger partial charge in [0.05, 0.1) is 10.6 Å². The summed E-state index contributed by atoms with van der Waals surface area (Å²) in [6.07, 6.45) is 0.794. The Morgan fingerprint density at radius 3 is 2.28 bits per heavy atom. The van der Waals surface area contributed by atoms with Gasteiger partial charge in [0.1, 0.15) is 31.6 Å². The lowest BCUT2D eigenvalue weighted by atomic mass is 10.1. The molecule has 0 spiro atoms. The lowest BCUT2D eigenvalue weighted by Gasteiger charge is -2.33. The van der Waals surface area contributed by atoms with Crippen molar-refractivity contribution < 1.29 is 31.9 Å². The third kappa shape index (κ3) is 8.04. The number of hydrogen-bond acceptors (Lipinski definition) is 6. The molecule has 1 aliphatic heterocycles. The molecule has 9 nitrogen and oxygen atoms in total. The smallest absolute Gasteiger partial charge is 0.264 e. The second-order valence-electron chi connectivity index (χ2n) is 10.7. The van der Waals surface area contributed by atoms with E-state index in [1.54, 1.807) is 0 Å². The molecule has 0 fully saturated rings. The fourth-order valence-corrected chi connectivity index (χ4v) is 6.20. The van der Waals surface area contributed by atoms with Crippen molar-refractivity contribution in [1.29, 1.82) is 0 Å². The zero-order chi connectivity index (χ0) is 31.0. The molecule has 1 atom stereocenters. The highest BCUT2D eigenvalue weighted by Gasteiger charge is 2.34. The minimum atomic E-state index is -4.34. The van der Waals surface area contributed by atoms with Gasteiger partial charge < -0.3 is 19.7 Å². The average Bonchev–Trinajstić information content (AvgIpc) is 3.01. The molecular formula is C32H38FN3O6S. The number of nitrogens with zero attached hydrogens (tertiary/aromatic N) is 2. The van der Waals surface area contributed by atoms with Gasteiger partial charge in [-0.05, 0) is 60.7 Å². The van der Waals surface area contributed by atoms with Crippen LogP contribution in [0, 0.1) is 11.7 Å². The Labute approximate surface area is 252 Å². The van der Waals surface area contributed by atoms with Gasteiger partial charge in [0.25, 0.3) is 10.0 Å². The summed E-state index contributed by atoms with van der Waals surface area (Å²) in [6.45, 7) is 6.40. The summed E-state index contributed by atoms with van der Waals surface area (Å²) >= 11 is 0. The molecule has 0 unspecified atom stereocenters. The van der Waals surface area contributed by atoms with Crippen molar-refractivity contribution in [2.45, 2.75) is 44.6 Å². The maximum absolute atomic E-state index is 14.1. The summed E-state index contributed by atoms with van der Waals surface area (Å²) in [5.74, 6) is -0.521. The molecule has 0 radical (unpaired) electrons. The van der Waals surface area contributed by atoms with Gasteiger partial charge in [0.15, 0.2) is 11.5 Å². The second kappa shape index (κ2) is 14.4. The van der Waals surface area contributed by atoms with E-state index in [-0.39, 0.29) is 41.3 Å². The predicted molar refractivity (Wildman–Crippen MR) is 162 cm³/mol. The van der Waals surface area contributed by atoms with Gasteiger partial charge in [-0.1, -0.05) is 51.1 Å². The number of benzene rings is 3. The number of anilines is 1. The number of carbonyl (C=O) groups excluding carboxylic acids is 2. The number of hydrogen-bond donors (Lipinski definition) is 1. The van der Waals surface area contributed by atoms with E-state index in [4.69, 9.17) is 9.47 Å². The van der Waals surface area contributed by atoms with Crippen molar-refractivity contribution in [1.82, 2.24) is 10.2 Å². The summed E-state index contributed by atoms with van der Waals surface area (Å²) in [5, 5.41) is 2.91. The van der Waals surface area contributed by atoms with Crippen LogP contribution >= 0.6 is 0 Å². The second-order valence-corrected chi connectivity index (χ2v) is 12.5. The summed E-state index contributed by atoms with van der Waals surface area (Å²) in [6, 6.07) is 17.8. The highest BCUT2D eigenvalue weighted by molar-refractivity contribution is 7.92. The number of fused-ring (bicyclic) bond motifs is 1. The van der Waals surface area contributed by atoms with Crippen molar-refractivity contribution >= 4 is 27.5 Å². The van der Waals surface area contributed by atoms with Crippen LogP contribution < -0.4 is 19.1 Å². The number of halogens is 1. The van der Waals surface area contributed by atoms with Crippen LogP contribution in [0.3, 0.4) is 0 Å². The fourth-order valence-electron chi connectivity index (χ4n) is 4.77. The largest absolute Gasteiger partial charge is 0.486 e. The summed E-state index contributed by atoms with van der Waals surface area (Å²) in [5.41, 5.74) is 1.07. The number of sulfonamides is 1. The van der Waals surface area contributed by atoms with E-state index in [0.717, 1.165) is 22.0 Å². The molecular weight excluding hydrogens is 573 g/mol. The van der Waals surface area contributed by atoms with Crippen LogP contribution in [0.15, 0.2) is 77.7 Å². The topological polar surface area (TPSA) is 105 Å². The molecule has 230 valence electrons. The molecule has 4 rings (SSSR count). The summed E-state index contributed by atoms with van der Waals surface area (Å²) in [7, 11) is -4.34. The molecule has 0 aromatic heterocycles. The van der Waals surface area contributed by atoms with E-state index in [1.807, 2.05) is 51.1 Å². The van der Waals surface area contributed by atoms with Gasteiger partial charge in [-0.25, -0.2) is 12.8 Å². The number of ether oxygens (including phenoxy) is 2. The highest BCUT2D eigenvalue weighted by atomic mass is 32.2. The zero-order valence-electron chi connectivity index (χ0n) is 24.7. The molecule has 1 N–H and O–H groups in total. The van der Waals surface area contributed by atoms with Gasteiger partial charge in [-0.2, -0.15) is 0 Å². The van der Waals surface area contributed by atoms with Gasteiger partial charge in [-0.3, -0.25) is 13.9 Å². The van der Waals surface area contributed by atoms with Gasteiger partial charge in [-0.15, -0.1) is 0 Å². The zero-order valence-corrected chi connectivity index (χ0v) is 25.5. The van der Waals surface area contributed by atoms with Crippen LogP contribution in [-0.4, -0.2) is 64.0 Å². The molecule has 1 heterocycles. The third-order valence-electron chi connectivity index (χ3n) is 7.05.